The predicted octanol–water partition coefficient (Wildman–Crippen LogP) is 1.93. The van der Waals surface area contributed by atoms with Gasteiger partial charge in [-0.2, -0.15) is 0 Å². The number of aromatic nitrogens is 2. The fourth-order valence-corrected chi connectivity index (χ4v) is 2.46. The van der Waals surface area contributed by atoms with E-state index in [1.54, 1.807) is 24.3 Å². The molecule has 6 heteroatoms. The molecule has 23 heavy (non-hydrogen) atoms. The van der Waals surface area contributed by atoms with Crippen molar-refractivity contribution in [2.45, 2.75) is 25.4 Å². The average Bonchev–Trinajstić information content (AvgIpc) is 3.25. The van der Waals surface area contributed by atoms with Crippen LogP contribution in [-0.4, -0.2) is 21.5 Å². The second-order valence-corrected chi connectivity index (χ2v) is 5.71. The zero-order valence-electron chi connectivity index (χ0n) is 12.4. The Kier molecular flexibility index (Phi) is 3.22. The van der Waals surface area contributed by atoms with E-state index in [2.05, 4.69) is 10.3 Å². The van der Waals surface area contributed by atoms with Gasteiger partial charge in [-0.05, 0) is 37.1 Å². The first-order chi connectivity index (χ1) is 11.2. The van der Waals surface area contributed by atoms with Crippen molar-refractivity contribution in [3.8, 4) is 0 Å². The van der Waals surface area contributed by atoms with E-state index < -0.39 is 0 Å². The first-order valence-corrected chi connectivity index (χ1v) is 7.54. The van der Waals surface area contributed by atoms with Crippen molar-refractivity contribution in [3.63, 3.8) is 0 Å². The molecule has 6 nitrogen and oxygen atoms in total. The van der Waals surface area contributed by atoms with Crippen molar-refractivity contribution in [3.05, 3.63) is 64.6 Å². The summed E-state index contributed by atoms with van der Waals surface area (Å²) in [5.41, 5.74) is 0.536. The minimum absolute atomic E-state index is 0.129. The van der Waals surface area contributed by atoms with Crippen LogP contribution in [0.4, 0.5) is 0 Å². The second kappa shape index (κ2) is 5.39. The van der Waals surface area contributed by atoms with Crippen LogP contribution in [0, 0.1) is 0 Å². The molecule has 1 amide bonds. The quantitative estimate of drug-likeness (QED) is 0.799. The van der Waals surface area contributed by atoms with Crippen LogP contribution in [0.5, 0.6) is 0 Å². The standard InChI is InChI=1S/C17H15N3O3/c21-16(19-11-5-6-11)15-8-7-12(23-15)9-20-10-18-14-4-2-1-3-13(14)17(20)22/h1-4,7-8,10-11H,5-6,9H2,(H,19,21). The van der Waals surface area contributed by atoms with Crippen LogP contribution in [0.2, 0.25) is 0 Å². The normalized spacial score (nSPS) is 14.1. The number of nitrogens with one attached hydrogen (secondary N) is 1. The maximum absolute atomic E-state index is 12.4. The van der Waals surface area contributed by atoms with Gasteiger partial charge in [-0.1, -0.05) is 12.1 Å². The Balaban J connectivity index is 1.58. The minimum Gasteiger partial charge on any atom is -0.454 e. The molecule has 2 aromatic heterocycles. The number of carbonyl (C=O) groups excluding carboxylic acids is 1. The molecule has 0 atom stereocenters. The molecule has 1 aliphatic carbocycles. The lowest BCUT2D eigenvalue weighted by atomic mass is 10.2. The van der Waals surface area contributed by atoms with Gasteiger partial charge in [0.25, 0.3) is 11.5 Å². The topological polar surface area (TPSA) is 77.1 Å². The van der Waals surface area contributed by atoms with Crippen LogP contribution in [-0.2, 0) is 6.54 Å². The summed E-state index contributed by atoms with van der Waals surface area (Å²) in [6.07, 6.45) is 3.55. The third kappa shape index (κ3) is 2.75. The maximum atomic E-state index is 12.4. The van der Waals surface area contributed by atoms with E-state index in [0.29, 0.717) is 16.7 Å². The van der Waals surface area contributed by atoms with Gasteiger partial charge in [0, 0.05) is 6.04 Å². The lowest BCUT2D eigenvalue weighted by Crippen LogP contribution is -2.24. The van der Waals surface area contributed by atoms with Gasteiger partial charge in [-0.3, -0.25) is 14.2 Å². The van der Waals surface area contributed by atoms with Gasteiger partial charge in [-0.25, -0.2) is 4.98 Å². The summed E-state index contributed by atoms with van der Waals surface area (Å²) in [5.74, 6) is 0.613. The fourth-order valence-electron chi connectivity index (χ4n) is 2.46. The molecule has 1 aromatic carbocycles. The van der Waals surface area contributed by atoms with Gasteiger partial charge >= 0.3 is 0 Å². The predicted molar refractivity (Wildman–Crippen MR) is 84.3 cm³/mol. The lowest BCUT2D eigenvalue weighted by molar-refractivity contribution is 0.0921. The fraction of sp³-hybridized carbons (Fsp3) is 0.235. The highest BCUT2D eigenvalue weighted by atomic mass is 16.4. The van der Waals surface area contributed by atoms with E-state index in [0.717, 1.165) is 12.8 Å². The molecule has 1 saturated carbocycles. The summed E-state index contributed by atoms with van der Waals surface area (Å²) in [4.78, 5) is 28.6. The van der Waals surface area contributed by atoms with Crippen LogP contribution in [0.25, 0.3) is 10.9 Å². The number of hydrogen-bond donors (Lipinski definition) is 1. The molecular weight excluding hydrogens is 294 g/mol. The Hall–Kier alpha value is -2.89. The second-order valence-electron chi connectivity index (χ2n) is 5.71. The maximum Gasteiger partial charge on any atom is 0.287 e. The molecule has 3 aromatic rings. The SMILES string of the molecule is O=C(NC1CC1)c1ccc(Cn2cnc3ccccc3c2=O)o1. The molecule has 116 valence electrons. The Morgan fingerprint density at radius 2 is 2.09 bits per heavy atom. The summed E-state index contributed by atoms with van der Waals surface area (Å²) in [6, 6.07) is 10.8. The Bertz CT molecular complexity index is 937. The van der Waals surface area contributed by atoms with Gasteiger partial charge in [-0.15, -0.1) is 0 Å². The van der Waals surface area contributed by atoms with Gasteiger partial charge < -0.3 is 9.73 Å². The van der Waals surface area contributed by atoms with E-state index in [1.807, 2.05) is 12.1 Å². The molecule has 0 aliphatic heterocycles. The third-order valence-corrected chi connectivity index (χ3v) is 3.86. The first kappa shape index (κ1) is 13.8. The highest BCUT2D eigenvalue weighted by Gasteiger charge is 2.25. The molecule has 1 fully saturated rings. The first-order valence-electron chi connectivity index (χ1n) is 7.54. The molecular formula is C17H15N3O3. The number of amides is 1. The molecule has 0 bridgehead atoms. The smallest absolute Gasteiger partial charge is 0.287 e. The van der Waals surface area contributed by atoms with Crippen molar-refractivity contribution in [1.82, 2.24) is 14.9 Å². The van der Waals surface area contributed by atoms with Crippen molar-refractivity contribution in [1.29, 1.82) is 0 Å². The number of rotatable bonds is 4. The molecule has 2 heterocycles. The van der Waals surface area contributed by atoms with Gasteiger partial charge in [0.15, 0.2) is 5.76 Å². The number of para-hydroxylation sites is 1. The van der Waals surface area contributed by atoms with E-state index in [9.17, 15) is 9.59 Å². The van der Waals surface area contributed by atoms with E-state index in [4.69, 9.17) is 4.42 Å². The van der Waals surface area contributed by atoms with Crippen molar-refractivity contribution >= 4 is 16.8 Å². The summed E-state index contributed by atoms with van der Waals surface area (Å²) in [5, 5.41) is 3.43. The number of hydrogen-bond acceptors (Lipinski definition) is 4. The molecule has 4 rings (SSSR count). The Morgan fingerprint density at radius 1 is 1.26 bits per heavy atom. The minimum atomic E-state index is -0.206. The van der Waals surface area contributed by atoms with Crippen LogP contribution in [0.15, 0.2) is 51.9 Å². The van der Waals surface area contributed by atoms with E-state index in [-0.39, 0.29) is 29.8 Å². The Labute approximate surface area is 131 Å². The largest absolute Gasteiger partial charge is 0.454 e. The number of nitrogens with zero attached hydrogens (tertiary/aromatic N) is 2. The summed E-state index contributed by atoms with van der Waals surface area (Å²) < 4.78 is 7.02. The van der Waals surface area contributed by atoms with Crippen molar-refractivity contribution < 1.29 is 9.21 Å². The van der Waals surface area contributed by atoms with Crippen LogP contribution in [0.3, 0.4) is 0 Å². The molecule has 1 aliphatic rings. The highest BCUT2D eigenvalue weighted by Crippen LogP contribution is 2.20. The summed E-state index contributed by atoms with van der Waals surface area (Å²) in [6.45, 7) is 0.243. The lowest BCUT2D eigenvalue weighted by Gasteiger charge is -2.04. The van der Waals surface area contributed by atoms with Gasteiger partial charge in [0.05, 0.1) is 23.8 Å². The summed E-state index contributed by atoms with van der Waals surface area (Å²) in [7, 11) is 0. The number of benzene rings is 1. The van der Waals surface area contributed by atoms with Crippen molar-refractivity contribution in [2.24, 2.45) is 0 Å². The zero-order chi connectivity index (χ0) is 15.8. The summed E-state index contributed by atoms with van der Waals surface area (Å²) >= 11 is 0. The number of carbonyl (C=O) groups is 1. The van der Waals surface area contributed by atoms with E-state index in [1.165, 1.54) is 10.9 Å². The number of fused-ring (bicyclic) bond motifs is 1. The average molecular weight is 309 g/mol. The third-order valence-electron chi connectivity index (χ3n) is 3.86. The van der Waals surface area contributed by atoms with Crippen molar-refractivity contribution in [2.75, 3.05) is 0 Å². The molecule has 0 spiro atoms. The van der Waals surface area contributed by atoms with E-state index >= 15 is 0 Å². The molecule has 0 saturated heterocycles. The van der Waals surface area contributed by atoms with Crippen LogP contribution >= 0.6 is 0 Å². The Morgan fingerprint density at radius 3 is 2.91 bits per heavy atom. The monoisotopic (exact) mass is 309 g/mol. The van der Waals surface area contributed by atoms with Gasteiger partial charge in [0.1, 0.15) is 5.76 Å². The highest BCUT2D eigenvalue weighted by molar-refractivity contribution is 5.91. The van der Waals surface area contributed by atoms with Gasteiger partial charge in [0.2, 0.25) is 0 Å². The number of furan rings is 1. The van der Waals surface area contributed by atoms with Crippen LogP contribution < -0.4 is 10.9 Å². The molecule has 1 N–H and O–H groups in total. The van der Waals surface area contributed by atoms with Crippen LogP contribution in [0.1, 0.15) is 29.2 Å². The zero-order valence-corrected chi connectivity index (χ0v) is 12.4. The molecule has 0 unspecified atom stereocenters. The molecule has 0 radical (unpaired) electrons.